The van der Waals surface area contributed by atoms with Crippen molar-refractivity contribution in [2.45, 2.75) is 44.9 Å². The number of rotatable bonds is 3. The van der Waals surface area contributed by atoms with Crippen LogP contribution in [0.15, 0.2) is 12.1 Å². The van der Waals surface area contributed by atoms with Crippen LogP contribution in [0.3, 0.4) is 0 Å². The van der Waals surface area contributed by atoms with Crippen molar-refractivity contribution >= 4 is 0 Å². The summed E-state index contributed by atoms with van der Waals surface area (Å²) in [6.07, 6.45) is 9.08. The minimum atomic E-state index is 0.827. The van der Waals surface area contributed by atoms with E-state index in [0.29, 0.717) is 0 Å². The van der Waals surface area contributed by atoms with E-state index in [1.807, 2.05) is 0 Å². The van der Waals surface area contributed by atoms with Gasteiger partial charge in [-0.2, -0.15) is 0 Å². The van der Waals surface area contributed by atoms with Crippen LogP contribution in [0.4, 0.5) is 0 Å². The topological polar surface area (TPSA) is 21.3 Å². The van der Waals surface area contributed by atoms with E-state index in [9.17, 15) is 0 Å². The molecule has 104 valence electrons. The Balaban J connectivity index is 1.84. The van der Waals surface area contributed by atoms with Gasteiger partial charge in [0.25, 0.3) is 0 Å². The zero-order valence-electron chi connectivity index (χ0n) is 12.0. The summed E-state index contributed by atoms with van der Waals surface area (Å²) in [5, 5.41) is 3.53. The summed E-state index contributed by atoms with van der Waals surface area (Å²) in [5.41, 5.74) is 4.69. The van der Waals surface area contributed by atoms with Gasteiger partial charge in [-0.3, -0.25) is 0 Å². The Bertz CT molecular complexity index is 435. The van der Waals surface area contributed by atoms with Crippen LogP contribution < -0.4 is 10.1 Å². The van der Waals surface area contributed by atoms with E-state index < -0.39 is 0 Å². The Morgan fingerprint density at radius 1 is 1.16 bits per heavy atom. The molecule has 1 saturated heterocycles. The lowest BCUT2D eigenvalue weighted by atomic mass is 9.83. The number of methoxy groups -OCH3 is 1. The number of fused-ring (bicyclic) bond motifs is 1. The Morgan fingerprint density at radius 2 is 2.00 bits per heavy atom. The van der Waals surface area contributed by atoms with Crippen molar-refractivity contribution in [2.75, 3.05) is 20.2 Å². The van der Waals surface area contributed by atoms with Gasteiger partial charge in [0, 0.05) is 0 Å². The van der Waals surface area contributed by atoms with Crippen LogP contribution in [0.1, 0.15) is 42.4 Å². The van der Waals surface area contributed by atoms with Gasteiger partial charge in [0.15, 0.2) is 0 Å². The van der Waals surface area contributed by atoms with Gasteiger partial charge < -0.3 is 10.1 Å². The molecule has 0 radical (unpaired) electrons. The summed E-state index contributed by atoms with van der Waals surface area (Å²) in [6, 6.07) is 4.51. The second kappa shape index (κ2) is 5.96. The fourth-order valence-electron chi connectivity index (χ4n) is 3.70. The second-order valence-electron chi connectivity index (χ2n) is 6.01. The first-order chi connectivity index (χ1) is 9.38. The average Bonchev–Trinajstić information content (AvgIpc) is 2.49. The predicted octanol–water partition coefficient (Wildman–Crippen LogP) is 3.12. The van der Waals surface area contributed by atoms with Crippen molar-refractivity contribution in [3.8, 4) is 5.75 Å². The number of benzene rings is 1. The van der Waals surface area contributed by atoms with E-state index >= 15 is 0 Å². The first-order valence-corrected chi connectivity index (χ1v) is 7.77. The highest BCUT2D eigenvalue weighted by molar-refractivity contribution is 5.46. The predicted molar refractivity (Wildman–Crippen MR) is 78.9 cm³/mol. The molecule has 1 atom stereocenters. The van der Waals surface area contributed by atoms with Crippen LogP contribution >= 0.6 is 0 Å². The summed E-state index contributed by atoms with van der Waals surface area (Å²) >= 11 is 0. The van der Waals surface area contributed by atoms with E-state index in [-0.39, 0.29) is 0 Å². The van der Waals surface area contributed by atoms with E-state index in [1.165, 1.54) is 63.6 Å². The molecule has 1 unspecified atom stereocenters. The van der Waals surface area contributed by atoms with E-state index in [2.05, 4.69) is 17.4 Å². The average molecular weight is 259 g/mol. The Kier molecular flexibility index (Phi) is 4.07. The second-order valence-corrected chi connectivity index (χ2v) is 6.01. The molecule has 0 aromatic heterocycles. The van der Waals surface area contributed by atoms with Crippen molar-refractivity contribution < 1.29 is 4.74 Å². The molecule has 0 spiro atoms. The zero-order valence-corrected chi connectivity index (χ0v) is 12.0. The molecule has 1 aromatic carbocycles. The third-order valence-corrected chi connectivity index (χ3v) is 4.72. The fourth-order valence-corrected chi connectivity index (χ4v) is 3.70. The molecule has 0 amide bonds. The normalized spacial score (nSPS) is 22.9. The minimum Gasteiger partial charge on any atom is -0.496 e. The maximum atomic E-state index is 5.55. The van der Waals surface area contributed by atoms with E-state index in [0.717, 1.165) is 11.7 Å². The third kappa shape index (κ3) is 2.79. The van der Waals surface area contributed by atoms with Crippen molar-refractivity contribution in [3.05, 3.63) is 28.8 Å². The van der Waals surface area contributed by atoms with Gasteiger partial charge in [-0.25, -0.2) is 0 Å². The van der Waals surface area contributed by atoms with Gasteiger partial charge >= 0.3 is 0 Å². The van der Waals surface area contributed by atoms with E-state index in [1.54, 1.807) is 18.2 Å². The molecular formula is C17H25NO. The highest BCUT2D eigenvalue weighted by atomic mass is 16.5. The Labute approximate surface area is 116 Å². The highest BCUT2D eigenvalue weighted by Crippen LogP contribution is 2.33. The van der Waals surface area contributed by atoms with Crippen LogP contribution in [-0.4, -0.2) is 20.2 Å². The molecule has 2 aliphatic rings. The Hall–Kier alpha value is -1.02. The van der Waals surface area contributed by atoms with E-state index in [4.69, 9.17) is 4.74 Å². The summed E-state index contributed by atoms with van der Waals surface area (Å²) in [7, 11) is 1.80. The standard InChI is InChI=1S/C17H25NO/c1-19-17-9-8-14(11-13-5-4-10-18-12-13)15-6-2-3-7-16(15)17/h8-9,13,18H,2-7,10-12H2,1H3. The van der Waals surface area contributed by atoms with Crippen molar-refractivity contribution in [1.29, 1.82) is 0 Å². The van der Waals surface area contributed by atoms with Crippen LogP contribution in [0.5, 0.6) is 5.75 Å². The maximum Gasteiger partial charge on any atom is 0.122 e. The van der Waals surface area contributed by atoms with Gasteiger partial charge in [0.05, 0.1) is 7.11 Å². The lowest BCUT2D eigenvalue weighted by molar-refractivity contribution is 0.373. The molecule has 1 fully saturated rings. The minimum absolute atomic E-state index is 0.827. The van der Waals surface area contributed by atoms with Gasteiger partial charge in [-0.05, 0) is 86.7 Å². The number of piperidine rings is 1. The molecule has 2 heteroatoms. The van der Waals surface area contributed by atoms with Gasteiger partial charge in [0.2, 0.25) is 0 Å². The number of nitrogens with one attached hydrogen (secondary N) is 1. The first kappa shape index (κ1) is 13.0. The molecule has 2 nitrogen and oxygen atoms in total. The lowest BCUT2D eigenvalue weighted by Gasteiger charge is -2.26. The van der Waals surface area contributed by atoms with Crippen LogP contribution in [0.2, 0.25) is 0 Å². The molecule has 1 aliphatic heterocycles. The van der Waals surface area contributed by atoms with Crippen LogP contribution in [0.25, 0.3) is 0 Å². The lowest BCUT2D eigenvalue weighted by Crippen LogP contribution is -2.31. The third-order valence-electron chi connectivity index (χ3n) is 4.72. The Morgan fingerprint density at radius 3 is 2.74 bits per heavy atom. The summed E-state index contributed by atoms with van der Waals surface area (Å²) in [4.78, 5) is 0. The molecular weight excluding hydrogens is 234 g/mol. The summed E-state index contributed by atoms with van der Waals surface area (Å²) in [6.45, 7) is 2.40. The van der Waals surface area contributed by atoms with Gasteiger partial charge in [-0.1, -0.05) is 6.07 Å². The van der Waals surface area contributed by atoms with Crippen LogP contribution in [-0.2, 0) is 19.3 Å². The molecule has 0 saturated carbocycles. The SMILES string of the molecule is COc1ccc(CC2CCCNC2)c2c1CCCC2. The number of hydrogen-bond acceptors (Lipinski definition) is 2. The van der Waals surface area contributed by atoms with Crippen molar-refractivity contribution in [1.82, 2.24) is 5.32 Å². The molecule has 0 bridgehead atoms. The molecule has 19 heavy (non-hydrogen) atoms. The smallest absolute Gasteiger partial charge is 0.122 e. The maximum absolute atomic E-state index is 5.55. The monoisotopic (exact) mass is 259 g/mol. The van der Waals surface area contributed by atoms with Gasteiger partial charge in [0.1, 0.15) is 5.75 Å². The number of hydrogen-bond donors (Lipinski definition) is 1. The van der Waals surface area contributed by atoms with Gasteiger partial charge in [-0.15, -0.1) is 0 Å². The molecule has 1 N–H and O–H groups in total. The molecule has 1 aliphatic carbocycles. The highest BCUT2D eigenvalue weighted by Gasteiger charge is 2.20. The van der Waals surface area contributed by atoms with Crippen LogP contribution in [0, 0.1) is 5.92 Å². The molecule has 1 heterocycles. The number of ether oxygens (including phenoxy) is 1. The first-order valence-electron chi connectivity index (χ1n) is 7.77. The van der Waals surface area contributed by atoms with Crippen molar-refractivity contribution in [3.63, 3.8) is 0 Å². The zero-order chi connectivity index (χ0) is 13.1. The van der Waals surface area contributed by atoms with Crippen molar-refractivity contribution in [2.24, 2.45) is 5.92 Å². The summed E-state index contributed by atoms with van der Waals surface area (Å²) in [5.74, 6) is 1.94. The largest absolute Gasteiger partial charge is 0.496 e. The quantitative estimate of drug-likeness (QED) is 0.900. The fraction of sp³-hybridized carbons (Fsp3) is 0.647. The molecule has 3 rings (SSSR count). The molecule has 1 aromatic rings. The summed E-state index contributed by atoms with van der Waals surface area (Å²) < 4.78 is 5.55.